The summed E-state index contributed by atoms with van der Waals surface area (Å²) in [6.45, 7) is 0. The van der Waals surface area contributed by atoms with Gasteiger partial charge in [0, 0.05) is 25.6 Å². The standard InChI is InChI=1S/C11H16N2O/c1-13-8-9(7-12-13)5-6-11(14)10-3-2-4-10/h7-8,10H,2-6H2,1H3. The molecule has 1 aromatic rings. The molecule has 3 nitrogen and oxygen atoms in total. The normalized spacial score (nSPS) is 16.6. The molecule has 14 heavy (non-hydrogen) atoms. The molecule has 1 aromatic heterocycles. The molecule has 1 saturated carbocycles. The lowest BCUT2D eigenvalue weighted by Gasteiger charge is -2.23. The van der Waals surface area contributed by atoms with Gasteiger partial charge in [-0.25, -0.2) is 0 Å². The third-order valence-corrected chi connectivity index (χ3v) is 2.98. The topological polar surface area (TPSA) is 34.9 Å². The number of rotatable bonds is 4. The predicted molar refractivity (Wildman–Crippen MR) is 53.9 cm³/mol. The molecule has 76 valence electrons. The summed E-state index contributed by atoms with van der Waals surface area (Å²) in [5, 5.41) is 4.08. The largest absolute Gasteiger partial charge is 0.299 e. The molecule has 0 aliphatic heterocycles. The van der Waals surface area contributed by atoms with E-state index in [4.69, 9.17) is 0 Å². The van der Waals surface area contributed by atoms with Crippen molar-refractivity contribution in [2.75, 3.05) is 0 Å². The van der Waals surface area contributed by atoms with Gasteiger partial charge < -0.3 is 0 Å². The fourth-order valence-corrected chi connectivity index (χ4v) is 1.80. The first-order valence-electron chi connectivity index (χ1n) is 5.26. The van der Waals surface area contributed by atoms with Crippen molar-refractivity contribution in [1.29, 1.82) is 0 Å². The average molecular weight is 192 g/mol. The van der Waals surface area contributed by atoms with Crippen LogP contribution >= 0.6 is 0 Å². The van der Waals surface area contributed by atoms with Crippen molar-refractivity contribution in [3.05, 3.63) is 18.0 Å². The summed E-state index contributed by atoms with van der Waals surface area (Å²) < 4.78 is 1.78. The summed E-state index contributed by atoms with van der Waals surface area (Å²) >= 11 is 0. The highest BCUT2D eigenvalue weighted by molar-refractivity contribution is 5.81. The summed E-state index contributed by atoms with van der Waals surface area (Å²) in [7, 11) is 1.90. The first-order chi connectivity index (χ1) is 6.75. The Morgan fingerprint density at radius 1 is 1.64 bits per heavy atom. The molecule has 2 rings (SSSR count). The Balaban J connectivity index is 1.79. The van der Waals surface area contributed by atoms with Crippen LogP contribution in [0.1, 0.15) is 31.2 Å². The van der Waals surface area contributed by atoms with Gasteiger partial charge in [-0.1, -0.05) is 6.42 Å². The number of carbonyl (C=O) groups excluding carboxylic acids is 1. The molecule has 0 bridgehead atoms. The van der Waals surface area contributed by atoms with Crippen molar-refractivity contribution in [2.24, 2.45) is 13.0 Å². The van der Waals surface area contributed by atoms with Gasteiger partial charge in [-0.05, 0) is 24.8 Å². The van der Waals surface area contributed by atoms with Crippen LogP contribution < -0.4 is 0 Å². The van der Waals surface area contributed by atoms with Crippen LogP contribution in [0.3, 0.4) is 0 Å². The molecule has 1 aliphatic rings. The molecular weight excluding hydrogens is 176 g/mol. The molecular formula is C11H16N2O. The van der Waals surface area contributed by atoms with Gasteiger partial charge in [0.25, 0.3) is 0 Å². The Kier molecular flexibility index (Phi) is 2.66. The Labute approximate surface area is 84.1 Å². The van der Waals surface area contributed by atoms with E-state index >= 15 is 0 Å². The van der Waals surface area contributed by atoms with Crippen molar-refractivity contribution in [3.63, 3.8) is 0 Å². The molecule has 0 atom stereocenters. The SMILES string of the molecule is Cn1cc(CCC(=O)C2CCC2)cn1. The third kappa shape index (κ3) is 2.03. The van der Waals surface area contributed by atoms with Crippen LogP contribution in [0.5, 0.6) is 0 Å². The second-order valence-corrected chi connectivity index (χ2v) is 4.12. The third-order valence-electron chi connectivity index (χ3n) is 2.98. The van der Waals surface area contributed by atoms with Gasteiger partial charge in [-0.2, -0.15) is 5.10 Å². The minimum absolute atomic E-state index is 0.381. The highest BCUT2D eigenvalue weighted by Gasteiger charge is 2.24. The summed E-state index contributed by atoms with van der Waals surface area (Å²) in [5.41, 5.74) is 1.17. The van der Waals surface area contributed by atoms with E-state index in [1.54, 1.807) is 4.68 Å². The van der Waals surface area contributed by atoms with Crippen molar-refractivity contribution in [2.45, 2.75) is 32.1 Å². The number of nitrogens with zero attached hydrogens (tertiary/aromatic N) is 2. The lowest BCUT2D eigenvalue weighted by atomic mass is 9.80. The lowest BCUT2D eigenvalue weighted by Crippen LogP contribution is -2.22. The van der Waals surface area contributed by atoms with Crippen LogP contribution in [0, 0.1) is 5.92 Å². The number of ketones is 1. The van der Waals surface area contributed by atoms with Crippen LogP contribution in [0.25, 0.3) is 0 Å². The molecule has 0 N–H and O–H groups in total. The van der Waals surface area contributed by atoms with E-state index < -0.39 is 0 Å². The number of carbonyl (C=O) groups is 1. The molecule has 0 aromatic carbocycles. The Hall–Kier alpha value is -1.12. The number of aromatic nitrogens is 2. The van der Waals surface area contributed by atoms with Gasteiger partial charge in [0.15, 0.2) is 0 Å². The molecule has 0 spiro atoms. The van der Waals surface area contributed by atoms with Gasteiger partial charge in [0.1, 0.15) is 5.78 Å². The molecule has 0 amide bonds. The zero-order valence-corrected chi connectivity index (χ0v) is 8.57. The first kappa shape index (κ1) is 9.44. The maximum Gasteiger partial charge on any atom is 0.136 e. The fraction of sp³-hybridized carbons (Fsp3) is 0.636. The van der Waals surface area contributed by atoms with E-state index in [1.165, 1.54) is 12.0 Å². The maximum atomic E-state index is 11.6. The zero-order valence-electron chi connectivity index (χ0n) is 8.57. The highest BCUT2D eigenvalue weighted by atomic mass is 16.1. The minimum atomic E-state index is 0.381. The minimum Gasteiger partial charge on any atom is -0.299 e. The van der Waals surface area contributed by atoms with Gasteiger partial charge in [0.05, 0.1) is 6.20 Å². The predicted octanol–water partition coefficient (Wildman–Crippen LogP) is 1.72. The number of hydrogen-bond acceptors (Lipinski definition) is 2. The molecule has 3 heteroatoms. The summed E-state index contributed by atoms with van der Waals surface area (Å²) in [5.74, 6) is 0.826. The lowest BCUT2D eigenvalue weighted by molar-refractivity contribution is -0.125. The second-order valence-electron chi connectivity index (χ2n) is 4.12. The fourth-order valence-electron chi connectivity index (χ4n) is 1.80. The molecule has 1 heterocycles. The summed E-state index contributed by atoms with van der Waals surface area (Å²) in [6, 6.07) is 0. The molecule has 0 saturated heterocycles. The Bertz CT molecular complexity index is 326. The quantitative estimate of drug-likeness (QED) is 0.728. The van der Waals surface area contributed by atoms with Gasteiger partial charge in [0.2, 0.25) is 0 Å². The highest BCUT2D eigenvalue weighted by Crippen LogP contribution is 2.28. The van der Waals surface area contributed by atoms with Gasteiger partial charge in [-0.15, -0.1) is 0 Å². The average Bonchev–Trinajstić information content (AvgIpc) is 2.45. The number of hydrogen-bond donors (Lipinski definition) is 0. The van der Waals surface area contributed by atoms with E-state index in [0.717, 1.165) is 19.3 Å². The molecule has 1 aliphatic carbocycles. The molecule has 1 fully saturated rings. The van der Waals surface area contributed by atoms with Crippen LogP contribution in [-0.4, -0.2) is 15.6 Å². The number of aryl methyl sites for hydroxylation is 2. The van der Waals surface area contributed by atoms with E-state index in [9.17, 15) is 4.79 Å². The smallest absolute Gasteiger partial charge is 0.136 e. The monoisotopic (exact) mass is 192 g/mol. The Morgan fingerprint density at radius 3 is 2.93 bits per heavy atom. The maximum absolute atomic E-state index is 11.6. The summed E-state index contributed by atoms with van der Waals surface area (Å²) in [4.78, 5) is 11.6. The first-order valence-corrected chi connectivity index (χ1v) is 5.26. The van der Waals surface area contributed by atoms with Crippen molar-refractivity contribution >= 4 is 5.78 Å². The van der Waals surface area contributed by atoms with Crippen LogP contribution in [0.4, 0.5) is 0 Å². The zero-order chi connectivity index (χ0) is 9.97. The van der Waals surface area contributed by atoms with Crippen LogP contribution in [0.15, 0.2) is 12.4 Å². The van der Waals surface area contributed by atoms with Crippen molar-refractivity contribution in [3.8, 4) is 0 Å². The molecule has 0 unspecified atom stereocenters. The van der Waals surface area contributed by atoms with Crippen molar-refractivity contribution < 1.29 is 4.79 Å². The van der Waals surface area contributed by atoms with E-state index in [-0.39, 0.29) is 0 Å². The van der Waals surface area contributed by atoms with Crippen molar-refractivity contribution in [1.82, 2.24) is 9.78 Å². The second kappa shape index (κ2) is 3.95. The molecule has 0 radical (unpaired) electrons. The van der Waals surface area contributed by atoms with E-state index in [2.05, 4.69) is 5.10 Å². The van der Waals surface area contributed by atoms with Gasteiger partial charge >= 0.3 is 0 Å². The van der Waals surface area contributed by atoms with E-state index in [1.807, 2.05) is 19.4 Å². The van der Waals surface area contributed by atoms with Gasteiger partial charge in [-0.3, -0.25) is 9.48 Å². The van der Waals surface area contributed by atoms with Crippen LogP contribution in [0.2, 0.25) is 0 Å². The van der Waals surface area contributed by atoms with E-state index in [0.29, 0.717) is 18.1 Å². The van der Waals surface area contributed by atoms with Crippen LogP contribution in [-0.2, 0) is 18.3 Å². The Morgan fingerprint density at radius 2 is 2.43 bits per heavy atom. The number of Topliss-reactive ketones (excluding diaryl/α,β-unsaturated/α-hetero) is 1. The summed E-state index contributed by atoms with van der Waals surface area (Å²) in [6.07, 6.45) is 8.84.